The first-order valence-electron chi connectivity index (χ1n) is 8.74. The molecule has 1 atom stereocenters. The highest BCUT2D eigenvalue weighted by Gasteiger charge is 2.49. The van der Waals surface area contributed by atoms with Crippen molar-refractivity contribution in [2.75, 3.05) is 0 Å². The molecule has 1 aromatic heterocycles. The van der Waals surface area contributed by atoms with E-state index in [1.807, 2.05) is 6.07 Å². The highest BCUT2D eigenvalue weighted by atomic mass is 19.3. The van der Waals surface area contributed by atoms with Gasteiger partial charge in [-0.05, 0) is 36.8 Å². The van der Waals surface area contributed by atoms with Crippen molar-refractivity contribution >= 4 is 23.0 Å². The zero-order valence-electron chi connectivity index (χ0n) is 15.3. The maximum absolute atomic E-state index is 13.6. The molecule has 3 amide bonds. The molecule has 0 aliphatic carbocycles. The lowest BCUT2D eigenvalue weighted by atomic mass is 9.91. The number of rotatable bonds is 4. The van der Waals surface area contributed by atoms with Gasteiger partial charge in [0.15, 0.2) is 0 Å². The van der Waals surface area contributed by atoms with Gasteiger partial charge in [-0.25, -0.2) is 9.78 Å². The van der Waals surface area contributed by atoms with E-state index >= 15 is 0 Å². The van der Waals surface area contributed by atoms with E-state index in [2.05, 4.69) is 10.3 Å². The first-order valence-corrected chi connectivity index (χ1v) is 8.74. The minimum Gasteiger partial charge on any atom is -0.319 e. The van der Waals surface area contributed by atoms with Gasteiger partial charge in [0.1, 0.15) is 11.4 Å². The normalized spacial score (nSPS) is 19.1. The van der Waals surface area contributed by atoms with Gasteiger partial charge in [-0.2, -0.15) is 14.0 Å². The van der Waals surface area contributed by atoms with E-state index in [1.54, 1.807) is 36.4 Å². The standard InChI is InChI=1S/C20H15F2N5O2/c1-20(13-6-4-5-12(9-13)10-23)17(28)26(19(29)25-20)11-16-24-14-7-2-3-8-15(14)27(16)18(21)22/h2-9,18H,11H2,1H3,(H,25,29). The monoisotopic (exact) mass is 395 g/mol. The maximum atomic E-state index is 13.6. The van der Waals surface area contributed by atoms with Crippen LogP contribution in [0, 0.1) is 11.3 Å². The smallest absolute Gasteiger partial charge is 0.319 e. The number of nitriles is 1. The lowest BCUT2D eigenvalue weighted by Crippen LogP contribution is -2.41. The second-order valence-corrected chi connectivity index (χ2v) is 6.80. The van der Waals surface area contributed by atoms with E-state index in [0.717, 1.165) is 4.90 Å². The number of nitrogens with one attached hydrogen (secondary N) is 1. The van der Waals surface area contributed by atoms with Crippen LogP contribution >= 0.6 is 0 Å². The van der Waals surface area contributed by atoms with Gasteiger partial charge in [0, 0.05) is 0 Å². The number of nitrogens with zero attached hydrogens (tertiary/aromatic N) is 4. The van der Waals surface area contributed by atoms with Crippen molar-refractivity contribution in [3.8, 4) is 6.07 Å². The van der Waals surface area contributed by atoms with Crippen LogP contribution in [0.25, 0.3) is 11.0 Å². The number of alkyl halides is 2. The first kappa shape index (κ1) is 18.6. The van der Waals surface area contributed by atoms with Gasteiger partial charge < -0.3 is 5.32 Å². The lowest BCUT2D eigenvalue weighted by molar-refractivity contribution is -0.131. The van der Waals surface area contributed by atoms with Crippen LogP contribution < -0.4 is 5.32 Å². The summed E-state index contributed by atoms with van der Waals surface area (Å²) in [5.41, 5.74) is -0.0807. The predicted molar refractivity (Wildman–Crippen MR) is 98.6 cm³/mol. The molecule has 0 radical (unpaired) electrons. The lowest BCUT2D eigenvalue weighted by Gasteiger charge is -2.22. The van der Waals surface area contributed by atoms with E-state index in [-0.39, 0.29) is 11.3 Å². The third kappa shape index (κ3) is 2.89. The predicted octanol–water partition coefficient (Wildman–Crippen LogP) is 3.27. The number of imide groups is 1. The summed E-state index contributed by atoms with van der Waals surface area (Å²) in [6.07, 6.45) is 0. The molecule has 146 valence electrons. The molecule has 0 bridgehead atoms. The number of benzene rings is 2. The number of carbonyl (C=O) groups excluding carboxylic acids is 2. The average Bonchev–Trinajstić information content (AvgIpc) is 3.19. The van der Waals surface area contributed by atoms with E-state index in [4.69, 9.17) is 5.26 Å². The highest BCUT2D eigenvalue weighted by molar-refractivity contribution is 6.07. The number of urea groups is 1. The summed E-state index contributed by atoms with van der Waals surface area (Å²) >= 11 is 0. The van der Waals surface area contributed by atoms with Crippen LogP contribution in [-0.4, -0.2) is 26.4 Å². The van der Waals surface area contributed by atoms with Gasteiger partial charge in [0.25, 0.3) is 5.91 Å². The van der Waals surface area contributed by atoms with E-state index in [1.165, 1.54) is 19.1 Å². The molecule has 29 heavy (non-hydrogen) atoms. The van der Waals surface area contributed by atoms with Gasteiger partial charge in [-0.15, -0.1) is 0 Å². The number of hydrogen-bond donors (Lipinski definition) is 1. The van der Waals surface area contributed by atoms with Gasteiger partial charge in [0.05, 0.1) is 29.2 Å². The van der Waals surface area contributed by atoms with Crippen molar-refractivity contribution in [1.29, 1.82) is 5.26 Å². The van der Waals surface area contributed by atoms with Crippen molar-refractivity contribution in [1.82, 2.24) is 19.8 Å². The molecule has 9 heteroatoms. The number of halogens is 2. The van der Waals surface area contributed by atoms with Crippen molar-refractivity contribution in [3.63, 3.8) is 0 Å². The van der Waals surface area contributed by atoms with Crippen LogP contribution in [0.2, 0.25) is 0 Å². The Kier molecular flexibility index (Phi) is 4.27. The van der Waals surface area contributed by atoms with Crippen molar-refractivity contribution in [3.05, 3.63) is 65.5 Å². The van der Waals surface area contributed by atoms with Gasteiger partial charge in [-0.3, -0.25) is 14.3 Å². The maximum Gasteiger partial charge on any atom is 0.325 e. The SMILES string of the molecule is CC1(c2cccc(C#N)c2)NC(=O)N(Cc2nc3ccccc3n2C(F)F)C1=O. The van der Waals surface area contributed by atoms with Crippen LogP contribution in [0.5, 0.6) is 0 Å². The molecule has 1 N–H and O–H groups in total. The van der Waals surface area contributed by atoms with Crippen LogP contribution in [0.15, 0.2) is 48.5 Å². The molecule has 7 nitrogen and oxygen atoms in total. The Bertz CT molecular complexity index is 1180. The molecule has 0 spiro atoms. The first-order chi connectivity index (χ1) is 13.8. The number of carbonyl (C=O) groups is 2. The van der Waals surface area contributed by atoms with Crippen molar-refractivity contribution < 1.29 is 18.4 Å². The molecule has 1 aliphatic rings. The summed E-state index contributed by atoms with van der Waals surface area (Å²) in [5, 5.41) is 11.7. The highest BCUT2D eigenvalue weighted by Crippen LogP contribution is 2.31. The number of imidazole rings is 1. The van der Waals surface area contributed by atoms with Crippen LogP contribution in [-0.2, 0) is 16.9 Å². The van der Waals surface area contributed by atoms with Crippen molar-refractivity contribution in [2.24, 2.45) is 0 Å². The van der Waals surface area contributed by atoms with Crippen molar-refractivity contribution in [2.45, 2.75) is 25.6 Å². The fourth-order valence-electron chi connectivity index (χ4n) is 3.50. The van der Waals surface area contributed by atoms with Crippen LogP contribution in [0.3, 0.4) is 0 Å². The molecule has 2 aromatic carbocycles. The topological polar surface area (TPSA) is 91.0 Å². The molecule has 4 rings (SSSR count). The minimum absolute atomic E-state index is 0.0975. The van der Waals surface area contributed by atoms with E-state index < -0.39 is 30.6 Å². The Morgan fingerprint density at radius 3 is 2.69 bits per heavy atom. The number of fused-ring (bicyclic) bond motifs is 1. The Hall–Kier alpha value is -3.80. The quantitative estimate of drug-likeness (QED) is 0.687. The zero-order valence-corrected chi connectivity index (χ0v) is 15.3. The van der Waals surface area contributed by atoms with Gasteiger partial charge in [-0.1, -0.05) is 24.3 Å². The molecule has 2 heterocycles. The molecule has 3 aromatic rings. The Morgan fingerprint density at radius 1 is 1.21 bits per heavy atom. The van der Waals surface area contributed by atoms with Gasteiger partial charge >= 0.3 is 12.6 Å². The molecular formula is C20H15F2N5O2. The third-order valence-corrected chi connectivity index (χ3v) is 5.01. The Morgan fingerprint density at radius 2 is 1.97 bits per heavy atom. The second-order valence-electron chi connectivity index (χ2n) is 6.80. The number of amides is 3. The van der Waals surface area contributed by atoms with E-state index in [9.17, 15) is 18.4 Å². The fourth-order valence-corrected chi connectivity index (χ4v) is 3.50. The number of hydrogen-bond acceptors (Lipinski definition) is 4. The van der Waals surface area contributed by atoms with E-state index in [0.29, 0.717) is 21.2 Å². The number of para-hydroxylation sites is 2. The summed E-state index contributed by atoms with van der Waals surface area (Å²) < 4.78 is 28.0. The second kappa shape index (κ2) is 6.67. The largest absolute Gasteiger partial charge is 0.325 e. The Balaban J connectivity index is 1.71. The number of aromatic nitrogens is 2. The minimum atomic E-state index is -2.88. The molecular weight excluding hydrogens is 380 g/mol. The Labute approximate surface area is 164 Å². The average molecular weight is 395 g/mol. The summed E-state index contributed by atoms with van der Waals surface area (Å²) in [7, 11) is 0. The summed E-state index contributed by atoms with van der Waals surface area (Å²) in [6, 6.07) is 14.0. The van der Waals surface area contributed by atoms with Crippen LogP contribution in [0.1, 0.15) is 30.4 Å². The molecule has 0 saturated carbocycles. The molecule has 1 unspecified atom stereocenters. The summed E-state index contributed by atoms with van der Waals surface area (Å²) in [6.45, 7) is -1.77. The van der Waals surface area contributed by atoms with Crippen LogP contribution in [0.4, 0.5) is 13.6 Å². The third-order valence-electron chi connectivity index (χ3n) is 5.01. The summed E-state index contributed by atoms with van der Waals surface area (Å²) in [4.78, 5) is 30.6. The fraction of sp³-hybridized carbons (Fsp3) is 0.200. The summed E-state index contributed by atoms with van der Waals surface area (Å²) in [5.74, 6) is -0.704. The zero-order chi connectivity index (χ0) is 20.8. The van der Waals surface area contributed by atoms with Gasteiger partial charge in [0.2, 0.25) is 0 Å². The molecule has 1 saturated heterocycles. The molecule has 1 aliphatic heterocycles. The molecule has 1 fully saturated rings.